The molecule has 1 fully saturated rings. The zero-order valence-corrected chi connectivity index (χ0v) is 16.7. The Bertz CT molecular complexity index is 1030. The van der Waals surface area contributed by atoms with Crippen LogP contribution >= 0.6 is 0 Å². The highest BCUT2D eigenvalue weighted by Gasteiger charge is 2.31. The summed E-state index contributed by atoms with van der Waals surface area (Å²) < 4.78 is 20.0. The lowest BCUT2D eigenvalue weighted by Gasteiger charge is -2.35. The summed E-state index contributed by atoms with van der Waals surface area (Å²) >= 11 is 0. The largest absolute Gasteiger partial charge is 0.459 e. The molecule has 1 aliphatic heterocycles. The van der Waals surface area contributed by atoms with E-state index in [0.29, 0.717) is 24.3 Å². The number of benzene rings is 1. The van der Waals surface area contributed by atoms with Crippen LogP contribution in [0, 0.1) is 5.82 Å². The zero-order chi connectivity index (χ0) is 21.1. The molecule has 0 radical (unpaired) electrons. The second kappa shape index (κ2) is 8.52. The number of nitrogens with zero attached hydrogens (tertiary/aromatic N) is 3. The van der Waals surface area contributed by atoms with Gasteiger partial charge in [-0.15, -0.1) is 0 Å². The fourth-order valence-electron chi connectivity index (χ4n) is 3.81. The maximum absolute atomic E-state index is 13.4. The summed E-state index contributed by atoms with van der Waals surface area (Å²) in [5, 5.41) is 7.24. The molecule has 1 aliphatic rings. The molecular formula is C22H23FN4O3. The van der Waals surface area contributed by atoms with Crippen LogP contribution in [0.15, 0.2) is 53.3 Å². The molecule has 1 aromatic carbocycles. The summed E-state index contributed by atoms with van der Waals surface area (Å²) in [5.74, 6) is -0.583. The van der Waals surface area contributed by atoms with Gasteiger partial charge in [-0.3, -0.25) is 14.3 Å². The summed E-state index contributed by atoms with van der Waals surface area (Å²) in [6, 6.07) is 9.13. The number of hydrogen-bond donors (Lipinski definition) is 1. The Morgan fingerprint density at radius 1 is 1.23 bits per heavy atom. The van der Waals surface area contributed by atoms with Crippen LogP contribution in [0.2, 0.25) is 0 Å². The molecule has 8 heteroatoms. The Labute approximate surface area is 173 Å². The van der Waals surface area contributed by atoms with Gasteiger partial charge in [-0.25, -0.2) is 4.39 Å². The predicted octanol–water partition coefficient (Wildman–Crippen LogP) is 3.24. The minimum atomic E-state index is -0.334. The monoisotopic (exact) mass is 410 g/mol. The highest BCUT2D eigenvalue weighted by atomic mass is 19.1. The minimum absolute atomic E-state index is 0.131. The SMILES string of the molecule is Cn1cc(-c2ccc(F)cc2)c(C(=O)N2CCCCC2CNC(=O)c2ccco2)n1. The first-order valence-corrected chi connectivity index (χ1v) is 9.95. The van der Waals surface area contributed by atoms with Gasteiger partial charge in [0.2, 0.25) is 0 Å². The van der Waals surface area contributed by atoms with Gasteiger partial charge in [0.05, 0.1) is 6.26 Å². The van der Waals surface area contributed by atoms with Crippen LogP contribution in [-0.4, -0.2) is 45.6 Å². The number of carbonyl (C=O) groups is 2. The summed E-state index contributed by atoms with van der Waals surface area (Å²) in [4.78, 5) is 27.4. The lowest BCUT2D eigenvalue weighted by atomic mass is 10.00. The zero-order valence-electron chi connectivity index (χ0n) is 16.7. The molecule has 1 unspecified atom stereocenters. The van der Waals surface area contributed by atoms with E-state index < -0.39 is 0 Å². The van der Waals surface area contributed by atoms with E-state index in [1.54, 1.807) is 47.1 Å². The number of piperidine rings is 1. The number of furan rings is 1. The molecule has 156 valence electrons. The van der Waals surface area contributed by atoms with E-state index in [9.17, 15) is 14.0 Å². The normalized spacial score (nSPS) is 16.5. The smallest absolute Gasteiger partial charge is 0.287 e. The average molecular weight is 410 g/mol. The van der Waals surface area contributed by atoms with Crippen molar-refractivity contribution in [2.24, 2.45) is 7.05 Å². The Morgan fingerprint density at radius 2 is 2.03 bits per heavy atom. The number of rotatable bonds is 5. The first kappa shape index (κ1) is 19.9. The molecule has 1 N–H and O–H groups in total. The van der Waals surface area contributed by atoms with Crippen LogP contribution in [0.5, 0.6) is 0 Å². The van der Waals surface area contributed by atoms with Crippen LogP contribution in [0.25, 0.3) is 11.1 Å². The van der Waals surface area contributed by atoms with Crippen molar-refractivity contribution in [1.29, 1.82) is 0 Å². The maximum atomic E-state index is 13.4. The molecule has 30 heavy (non-hydrogen) atoms. The van der Waals surface area contributed by atoms with Gasteiger partial charge in [0.15, 0.2) is 11.5 Å². The quantitative estimate of drug-likeness (QED) is 0.700. The van der Waals surface area contributed by atoms with Crippen molar-refractivity contribution in [2.45, 2.75) is 25.3 Å². The van der Waals surface area contributed by atoms with E-state index in [4.69, 9.17) is 4.42 Å². The number of nitrogens with one attached hydrogen (secondary N) is 1. The summed E-state index contributed by atoms with van der Waals surface area (Å²) in [6.45, 7) is 0.934. The lowest BCUT2D eigenvalue weighted by Crippen LogP contribution is -2.49. The summed E-state index contributed by atoms with van der Waals surface area (Å²) in [5.41, 5.74) is 1.72. The van der Waals surface area contributed by atoms with Gasteiger partial charge in [0.1, 0.15) is 5.82 Å². The van der Waals surface area contributed by atoms with Crippen molar-refractivity contribution < 1.29 is 18.4 Å². The highest BCUT2D eigenvalue weighted by Crippen LogP contribution is 2.27. The third-order valence-corrected chi connectivity index (χ3v) is 5.32. The molecule has 1 atom stereocenters. The minimum Gasteiger partial charge on any atom is -0.459 e. The lowest BCUT2D eigenvalue weighted by molar-refractivity contribution is 0.0595. The predicted molar refractivity (Wildman–Crippen MR) is 108 cm³/mol. The van der Waals surface area contributed by atoms with E-state index >= 15 is 0 Å². The van der Waals surface area contributed by atoms with E-state index in [1.807, 2.05) is 0 Å². The number of amides is 2. The third kappa shape index (κ3) is 4.12. The van der Waals surface area contributed by atoms with E-state index in [0.717, 1.165) is 24.8 Å². The second-order valence-corrected chi connectivity index (χ2v) is 7.41. The van der Waals surface area contributed by atoms with Crippen LogP contribution in [0.3, 0.4) is 0 Å². The molecular weight excluding hydrogens is 387 g/mol. The second-order valence-electron chi connectivity index (χ2n) is 7.41. The van der Waals surface area contributed by atoms with Crippen LogP contribution < -0.4 is 5.32 Å². The average Bonchev–Trinajstić information content (AvgIpc) is 3.42. The molecule has 1 saturated heterocycles. The Hall–Kier alpha value is -3.42. The third-order valence-electron chi connectivity index (χ3n) is 5.32. The van der Waals surface area contributed by atoms with Crippen molar-refractivity contribution in [3.05, 3.63) is 66.1 Å². The first-order valence-electron chi connectivity index (χ1n) is 9.95. The van der Waals surface area contributed by atoms with Gasteiger partial charge >= 0.3 is 0 Å². The highest BCUT2D eigenvalue weighted by molar-refractivity contribution is 5.99. The van der Waals surface area contributed by atoms with E-state index in [1.165, 1.54) is 18.4 Å². The summed E-state index contributed by atoms with van der Waals surface area (Å²) in [6.07, 6.45) is 5.88. The Morgan fingerprint density at radius 3 is 2.77 bits per heavy atom. The van der Waals surface area contributed by atoms with Crippen LogP contribution in [0.1, 0.15) is 40.3 Å². The van der Waals surface area contributed by atoms with Gasteiger partial charge < -0.3 is 14.6 Å². The number of carbonyl (C=O) groups excluding carboxylic acids is 2. The summed E-state index contributed by atoms with van der Waals surface area (Å²) in [7, 11) is 1.75. The number of likely N-dealkylation sites (tertiary alicyclic amines) is 1. The molecule has 0 bridgehead atoms. The van der Waals surface area contributed by atoms with Crippen LogP contribution in [-0.2, 0) is 7.05 Å². The Kier molecular flexibility index (Phi) is 5.65. The van der Waals surface area contributed by atoms with Crippen molar-refractivity contribution in [3.8, 4) is 11.1 Å². The van der Waals surface area contributed by atoms with Gasteiger partial charge in [-0.2, -0.15) is 5.10 Å². The van der Waals surface area contributed by atoms with Gasteiger partial charge in [0.25, 0.3) is 11.8 Å². The first-order chi connectivity index (χ1) is 14.5. The number of aromatic nitrogens is 2. The van der Waals surface area contributed by atoms with E-state index in [2.05, 4.69) is 10.4 Å². The molecule has 0 aliphatic carbocycles. The standard InChI is InChI=1S/C22H23FN4O3/c1-26-14-18(15-7-9-16(23)10-8-15)20(25-26)22(29)27-11-3-2-5-17(27)13-24-21(28)19-6-4-12-30-19/h4,6-10,12,14,17H,2-3,5,11,13H2,1H3,(H,24,28). The fourth-order valence-corrected chi connectivity index (χ4v) is 3.81. The van der Waals surface area contributed by atoms with Crippen molar-refractivity contribution >= 4 is 11.8 Å². The molecule has 7 nitrogen and oxygen atoms in total. The van der Waals surface area contributed by atoms with Crippen molar-refractivity contribution in [3.63, 3.8) is 0 Å². The number of hydrogen-bond acceptors (Lipinski definition) is 4. The molecule has 4 rings (SSSR count). The molecule has 0 spiro atoms. The molecule has 3 heterocycles. The number of aryl methyl sites for hydroxylation is 1. The molecule has 3 aromatic rings. The Balaban J connectivity index is 1.54. The van der Waals surface area contributed by atoms with Crippen molar-refractivity contribution in [2.75, 3.05) is 13.1 Å². The topological polar surface area (TPSA) is 80.4 Å². The fraction of sp³-hybridized carbons (Fsp3) is 0.318. The van der Waals surface area contributed by atoms with Gasteiger partial charge in [-0.05, 0) is 49.1 Å². The van der Waals surface area contributed by atoms with Crippen LogP contribution in [0.4, 0.5) is 4.39 Å². The molecule has 2 aromatic heterocycles. The number of halogens is 1. The van der Waals surface area contributed by atoms with E-state index in [-0.39, 0.29) is 29.4 Å². The maximum Gasteiger partial charge on any atom is 0.287 e. The van der Waals surface area contributed by atoms with Gasteiger partial charge in [0, 0.05) is 37.9 Å². The van der Waals surface area contributed by atoms with Gasteiger partial charge in [-0.1, -0.05) is 12.1 Å². The molecule has 2 amide bonds. The van der Waals surface area contributed by atoms with Crippen molar-refractivity contribution in [1.82, 2.24) is 20.0 Å². The molecule has 0 saturated carbocycles.